The minimum Gasteiger partial charge on any atom is -0.490 e. The molecule has 0 bridgehead atoms. The summed E-state index contributed by atoms with van der Waals surface area (Å²) in [5, 5.41) is 9.37. The molecule has 0 aliphatic carbocycles. The summed E-state index contributed by atoms with van der Waals surface area (Å²) < 4.78 is 10.4. The molecule has 140 valence electrons. The second-order valence-electron chi connectivity index (χ2n) is 5.95. The van der Waals surface area contributed by atoms with Crippen LogP contribution >= 0.6 is 0 Å². The number of imide groups is 1. The van der Waals surface area contributed by atoms with Gasteiger partial charge in [-0.1, -0.05) is 24.8 Å². The zero-order valence-electron chi connectivity index (χ0n) is 15.5. The predicted molar refractivity (Wildman–Crippen MR) is 102 cm³/mol. The smallest absolute Gasteiger partial charge is 0.271 e. The number of benzene rings is 1. The fourth-order valence-corrected chi connectivity index (χ4v) is 2.68. The first-order chi connectivity index (χ1) is 13.0. The van der Waals surface area contributed by atoms with Crippen LogP contribution in [0, 0.1) is 11.3 Å². The molecule has 1 aliphatic rings. The summed E-state index contributed by atoms with van der Waals surface area (Å²) >= 11 is 0. The first-order valence-electron chi connectivity index (χ1n) is 8.55. The first kappa shape index (κ1) is 20.1. The monoisotopic (exact) mass is 366 g/mol. The second-order valence-corrected chi connectivity index (χ2v) is 5.95. The SMILES string of the molecule is C=CCOc1ccc(/C=C2/C(=O)N(CCCOC)C(=O)C(C#N)=C2C)cc1. The normalized spacial score (nSPS) is 15.9. The average Bonchev–Trinajstić information content (AvgIpc) is 2.67. The van der Waals surface area contributed by atoms with Gasteiger partial charge in [-0.15, -0.1) is 0 Å². The lowest BCUT2D eigenvalue weighted by molar-refractivity contribution is -0.140. The Morgan fingerprint density at radius 3 is 2.52 bits per heavy atom. The summed E-state index contributed by atoms with van der Waals surface area (Å²) in [5.41, 5.74) is 1.49. The first-order valence-corrected chi connectivity index (χ1v) is 8.55. The van der Waals surface area contributed by atoms with Crippen LogP contribution in [0.1, 0.15) is 18.9 Å². The molecule has 0 saturated carbocycles. The summed E-state index contributed by atoms with van der Waals surface area (Å²) in [4.78, 5) is 26.4. The molecule has 6 heteroatoms. The largest absolute Gasteiger partial charge is 0.490 e. The van der Waals surface area contributed by atoms with Gasteiger partial charge in [0, 0.05) is 25.8 Å². The van der Waals surface area contributed by atoms with E-state index in [0.717, 1.165) is 10.5 Å². The van der Waals surface area contributed by atoms with Crippen molar-refractivity contribution in [3.05, 3.63) is 59.2 Å². The van der Waals surface area contributed by atoms with Gasteiger partial charge < -0.3 is 9.47 Å². The lowest BCUT2D eigenvalue weighted by Gasteiger charge is -2.27. The van der Waals surface area contributed by atoms with E-state index >= 15 is 0 Å². The van der Waals surface area contributed by atoms with E-state index in [2.05, 4.69) is 6.58 Å². The standard InChI is InChI=1S/C21H22N2O4/c1-4-11-27-17-8-6-16(7-9-17)13-18-15(2)19(14-22)21(25)23(20(18)24)10-5-12-26-3/h4,6-9,13H,1,5,10-12H2,2-3H3/b18-13+. The van der Waals surface area contributed by atoms with Gasteiger partial charge in [0.2, 0.25) is 0 Å². The van der Waals surface area contributed by atoms with Crippen molar-refractivity contribution >= 4 is 17.9 Å². The van der Waals surface area contributed by atoms with Gasteiger partial charge in [-0.3, -0.25) is 14.5 Å². The van der Waals surface area contributed by atoms with Crippen molar-refractivity contribution in [2.45, 2.75) is 13.3 Å². The van der Waals surface area contributed by atoms with Crippen molar-refractivity contribution in [3.63, 3.8) is 0 Å². The maximum atomic E-state index is 12.8. The Balaban J connectivity index is 2.34. The summed E-state index contributed by atoms with van der Waals surface area (Å²) in [6, 6.07) is 9.12. The Hall–Kier alpha value is -3.17. The maximum absolute atomic E-state index is 12.8. The highest BCUT2D eigenvalue weighted by Gasteiger charge is 2.34. The van der Waals surface area contributed by atoms with Crippen LogP contribution in [0.25, 0.3) is 6.08 Å². The van der Waals surface area contributed by atoms with E-state index in [1.54, 1.807) is 38.3 Å². The molecule has 0 aromatic heterocycles. The molecule has 1 aliphatic heterocycles. The van der Waals surface area contributed by atoms with E-state index in [9.17, 15) is 14.9 Å². The second kappa shape index (κ2) is 9.51. The lowest BCUT2D eigenvalue weighted by Crippen LogP contribution is -2.43. The molecule has 0 spiro atoms. The van der Waals surface area contributed by atoms with Crippen molar-refractivity contribution in [3.8, 4) is 11.8 Å². The number of nitrogens with zero attached hydrogens (tertiary/aromatic N) is 2. The number of ether oxygens (including phenoxy) is 2. The van der Waals surface area contributed by atoms with Crippen LogP contribution in [0.4, 0.5) is 0 Å². The zero-order valence-corrected chi connectivity index (χ0v) is 15.5. The Labute approximate surface area is 159 Å². The van der Waals surface area contributed by atoms with Crippen molar-refractivity contribution in [1.82, 2.24) is 4.90 Å². The molecule has 0 atom stereocenters. The fraction of sp³-hybridized carbons (Fsp3) is 0.286. The number of carbonyl (C=O) groups is 2. The number of hydrogen-bond acceptors (Lipinski definition) is 5. The Kier molecular flexibility index (Phi) is 7.09. The van der Waals surface area contributed by atoms with E-state index in [0.29, 0.717) is 36.5 Å². The molecule has 0 unspecified atom stereocenters. The summed E-state index contributed by atoms with van der Waals surface area (Å²) in [5.74, 6) is -0.269. The third-order valence-corrected chi connectivity index (χ3v) is 4.11. The third kappa shape index (κ3) is 4.72. The molecule has 0 N–H and O–H groups in total. The van der Waals surface area contributed by atoms with Gasteiger partial charge in [0.25, 0.3) is 11.8 Å². The number of amides is 2. The van der Waals surface area contributed by atoms with Gasteiger partial charge in [-0.2, -0.15) is 5.26 Å². The van der Waals surface area contributed by atoms with Crippen molar-refractivity contribution < 1.29 is 19.1 Å². The lowest BCUT2D eigenvalue weighted by atomic mass is 9.93. The molecule has 1 aromatic carbocycles. The Morgan fingerprint density at radius 1 is 1.22 bits per heavy atom. The van der Waals surface area contributed by atoms with E-state index in [1.165, 1.54) is 0 Å². The highest BCUT2D eigenvalue weighted by molar-refractivity contribution is 6.19. The molecule has 6 nitrogen and oxygen atoms in total. The zero-order chi connectivity index (χ0) is 19.8. The molecule has 0 radical (unpaired) electrons. The summed E-state index contributed by atoms with van der Waals surface area (Å²) in [6.07, 6.45) is 3.85. The van der Waals surface area contributed by atoms with Gasteiger partial charge in [0.1, 0.15) is 24.0 Å². The molecule has 1 aromatic rings. The van der Waals surface area contributed by atoms with E-state index in [1.807, 2.05) is 18.2 Å². The molecular formula is C21H22N2O4. The maximum Gasteiger partial charge on any atom is 0.271 e. The molecule has 1 heterocycles. The molecule has 0 fully saturated rings. The third-order valence-electron chi connectivity index (χ3n) is 4.11. The van der Waals surface area contributed by atoms with Crippen LogP contribution in [0.15, 0.2) is 53.6 Å². The van der Waals surface area contributed by atoms with Gasteiger partial charge in [0.05, 0.1) is 0 Å². The minimum absolute atomic E-state index is 0.01000. The summed E-state index contributed by atoms with van der Waals surface area (Å²) in [7, 11) is 1.55. The van der Waals surface area contributed by atoms with Crippen LogP contribution in [0.2, 0.25) is 0 Å². The average molecular weight is 366 g/mol. The molecule has 0 saturated heterocycles. The van der Waals surface area contributed by atoms with Gasteiger partial charge in [0.15, 0.2) is 0 Å². The van der Waals surface area contributed by atoms with E-state index < -0.39 is 11.8 Å². The van der Waals surface area contributed by atoms with Gasteiger partial charge >= 0.3 is 0 Å². The van der Waals surface area contributed by atoms with Crippen LogP contribution < -0.4 is 4.74 Å². The number of hydrogen-bond donors (Lipinski definition) is 0. The summed E-state index contributed by atoms with van der Waals surface area (Å²) in [6.45, 7) is 6.25. The van der Waals surface area contributed by atoms with E-state index in [4.69, 9.17) is 9.47 Å². The highest BCUT2D eigenvalue weighted by Crippen LogP contribution is 2.27. The molecule has 2 rings (SSSR count). The van der Waals surface area contributed by atoms with Crippen LogP contribution in [-0.4, -0.2) is 43.6 Å². The minimum atomic E-state index is -0.554. The topological polar surface area (TPSA) is 79.6 Å². The molecule has 27 heavy (non-hydrogen) atoms. The quantitative estimate of drug-likeness (QED) is 0.306. The Morgan fingerprint density at radius 2 is 1.93 bits per heavy atom. The molecule has 2 amide bonds. The van der Waals surface area contributed by atoms with Crippen molar-refractivity contribution in [2.75, 3.05) is 26.9 Å². The van der Waals surface area contributed by atoms with Crippen molar-refractivity contribution in [1.29, 1.82) is 5.26 Å². The predicted octanol–water partition coefficient (Wildman–Crippen LogP) is 2.88. The van der Waals surface area contributed by atoms with Crippen LogP contribution in [0.5, 0.6) is 5.75 Å². The highest BCUT2D eigenvalue weighted by atomic mass is 16.5. The molecular weight excluding hydrogens is 344 g/mol. The van der Waals surface area contributed by atoms with Crippen LogP contribution in [-0.2, 0) is 14.3 Å². The number of methoxy groups -OCH3 is 1. The number of rotatable bonds is 8. The number of carbonyl (C=O) groups excluding carboxylic acids is 2. The Bertz CT molecular complexity index is 829. The number of nitriles is 1. The van der Waals surface area contributed by atoms with E-state index in [-0.39, 0.29) is 12.1 Å². The van der Waals surface area contributed by atoms with Gasteiger partial charge in [-0.25, -0.2) is 0 Å². The van der Waals surface area contributed by atoms with Crippen LogP contribution in [0.3, 0.4) is 0 Å². The fourth-order valence-electron chi connectivity index (χ4n) is 2.68. The van der Waals surface area contributed by atoms with Gasteiger partial charge in [-0.05, 0) is 42.7 Å². The van der Waals surface area contributed by atoms with Crippen molar-refractivity contribution in [2.24, 2.45) is 0 Å².